The first-order valence-electron chi connectivity index (χ1n) is 14.7. The number of carbonyl (C=O) groups is 3. The van der Waals surface area contributed by atoms with Crippen molar-refractivity contribution in [2.75, 3.05) is 19.6 Å². The van der Waals surface area contributed by atoms with Gasteiger partial charge in [-0.3, -0.25) is 9.59 Å². The van der Waals surface area contributed by atoms with E-state index < -0.39 is 35.4 Å². The Labute approximate surface area is 254 Å². The maximum absolute atomic E-state index is 14.5. The van der Waals surface area contributed by atoms with E-state index in [9.17, 15) is 19.5 Å². The van der Waals surface area contributed by atoms with Gasteiger partial charge in [-0.2, -0.15) is 0 Å². The summed E-state index contributed by atoms with van der Waals surface area (Å²) >= 11 is 0. The second-order valence-corrected chi connectivity index (χ2v) is 12.9. The van der Waals surface area contributed by atoms with Crippen molar-refractivity contribution >= 4 is 18.0 Å². The summed E-state index contributed by atoms with van der Waals surface area (Å²) in [5.74, 6) is -0.883. The van der Waals surface area contributed by atoms with Crippen LogP contribution in [0.2, 0.25) is 0 Å². The van der Waals surface area contributed by atoms with Gasteiger partial charge in [0.05, 0.1) is 29.8 Å². The molecule has 43 heavy (non-hydrogen) atoms. The van der Waals surface area contributed by atoms with Crippen molar-refractivity contribution in [3.63, 3.8) is 0 Å². The van der Waals surface area contributed by atoms with Gasteiger partial charge >= 0.3 is 12.1 Å². The Morgan fingerprint density at radius 3 is 2.05 bits per heavy atom. The van der Waals surface area contributed by atoms with Crippen LogP contribution in [0.1, 0.15) is 64.0 Å². The van der Waals surface area contributed by atoms with E-state index in [0.29, 0.717) is 5.56 Å². The first kappa shape index (κ1) is 31.8. The molecule has 9 nitrogen and oxygen atoms in total. The molecule has 2 heterocycles. The van der Waals surface area contributed by atoms with E-state index in [1.54, 1.807) is 46.4 Å². The third-order valence-electron chi connectivity index (χ3n) is 7.05. The molecule has 9 heteroatoms. The summed E-state index contributed by atoms with van der Waals surface area (Å²) in [6.45, 7) is 12.9. The van der Waals surface area contributed by atoms with Gasteiger partial charge < -0.3 is 28.9 Å². The average molecular weight is 590 g/mol. The van der Waals surface area contributed by atoms with E-state index >= 15 is 0 Å². The lowest BCUT2D eigenvalue weighted by Gasteiger charge is -2.43. The van der Waals surface area contributed by atoms with E-state index in [-0.39, 0.29) is 32.0 Å². The van der Waals surface area contributed by atoms with Crippen LogP contribution >= 0.6 is 0 Å². The number of hydrogen-bond donors (Lipinski definition) is 1. The molecule has 0 saturated carbocycles. The van der Waals surface area contributed by atoms with E-state index in [1.807, 2.05) is 78.2 Å². The van der Waals surface area contributed by atoms with Crippen LogP contribution in [0.5, 0.6) is 0 Å². The molecule has 0 unspecified atom stereocenters. The lowest BCUT2D eigenvalue weighted by atomic mass is 10.00. The first-order valence-corrected chi connectivity index (χ1v) is 14.7. The van der Waals surface area contributed by atoms with E-state index in [4.69, 9.17) is 9.47 Å². The van der Waals surface area contributed by atoms with Crippen LogP contribution in [0, 0.1) is 6.92 Å². The largest absolute Gasteiger partial charge is 0.460 e. The van der Waals surface area contributed by atoms with E-state index in [0.717, 1.165) is 22.6 Å². The topological polar surface area (TPSA) is 101 Å². The molecule has 1 saturated heterocycles. The van der Waals surface area contributed by atoms with Gasteiger partial charge in [0, 0.05) is 31.0 Å². The highest BCUT2D eigenvalue weighted by Gasteiger charge is 2.40. The van der Waals surface area contributed by atoms with Crippen LogP contribution in [0.4, 0.5) is 4.79 Å². The zero-order valence-electron chi connectivity index (χ0n) is 26.2. The van der Waals surface area contributed by atoms with Crippen molar-refractivity contribution in [2.45, 2.75) is 78.2 Å². The molecule has 3 aromatic rings. The Kier molecular flexibility index (Phi) is 9.35. The molecule has 1 fully saturated rings. The molecular weight excluding hydrogens is 546 g/mol. The van der Waals surface area contributed by atoms with Crippen molar-refractivity contribution < 1.29 is 29.0 Å². The van der Waals surface area contributed by atoms with Gasteiger partial charge in [-0.15, -0.1) is 0 Å². The van der Waals surface area contributed by atoms with E-state index in [2.05, 4.69) is 0 Å². The number of carbonyl (C=O) groups excluding carboxylic acids is 3. The lowest BCUT2D eigenvalue weighted by Crippen LogP contribution is -2.61. The number of rotatable bonds is 6. The molecule has 1 N–H and O–H groups in total. The van der Waals surface area contributed by atoms with Crippen LogP contribution in [0.3, 0.4) is 0 Å². The second kappa shape index (κ2) is 12.6. The summed E-state index contributed by atoms with van der Waals surface area (Å²) < 4.78 is 13.1. The minimum atomic E-state index is -1.28. The maximum atomic E-state index is 14.5. The molecule has 0 spiro atoms. The molecule has 0 radical (unpaired) electrons. The lowest BCUT2D eigenvalue weighted by molar-refractivity contribution is -0.158. The summed E-state index contributed by atoms with van der Waals surface area (Å²) in [5.41, 5.74) is 2.39. The number of amides is 2. The average Bonchev–Trinajstić information content (AvgIpc) is 3.28. The smallest absolute Gasteiger partial charge is 0.410 e. The Balaban J connectivity index is 1.74. The number of aliphatic hydroxyl groups excluding tert-OH is 1. The minimum Gasteiger partial charge on any atom is -0.460 e. The number of aliphatic hydroxyl groups is 1. The van der Waals surface area contributed by atoms with Crippen LogP contribution in [0.15, 0.2) is 66.7 Å². The predicted octanol–water partition coefficient (Wildman–Crippen LogP) is 5.61. The van der Waals surface area contributed by atoms with Crippen molar-refractivity contribution in [3.05, 3.63) is 78.0 Å². The summed E-state index contributed by atoms with van der Waals surface area (Å²) in [6, 6.07) is 20.5. The highest BCUT2D eigenvalue weighted by atomic mass is 16.6. The molecule has 1 aliphatic heterocycles. The van der Waals surface area contributed by atoms with Crippen LogP contribution in [-0.2, 0) is 14.3 Å². The van der Waals surface area contributed by atoms with Gasteiger partial charge in [0.2, 0.25) is 0 Å². The molecule has 2 atom stereocenters. The van der Waals surface area contributed by atoms with Gasteiger partial charge in [0.1, 0.15) is 11.2 Å². The van der Waals surface area contributed by atoms with Crippen LogP contribution < -0.4 is 0 Å². The van der Waals surface area contributed by atoms with Gasteiger partial charge in [-0.1, -0.05) is 48.5 Å². The SMILES string of the molecule is Cc1cc(C(=O)N2CCN(C(=O)OC(C)(C)C)C[C@H]2[C@@H](O)CC(=O)OC(C)(C)C)c(-c2ccccc2)n1-c1ccccc1. The molecule has 0 aliphatic carbocycles. The first-order chi connectivity index (χ1) is 20.1. The summed E-state index contributed by atoms with van der Waals surface area (Å²) in [4.78, 5) is 43.3. The predicted molar refractivity (Wildman–Crippen MR) is 165 cm³/mol. The Morgan fingerprint density at radius 2 is 1.47 bits per heavy atom. The number of aromatic nitrogens is 1. The summed E-state index contributed by atoms with van der Waals surface area (Å²) in [7, 11) is 0. The molecule has 4 rings (SSSR count). The standard InChI is InChI=1S/C34H43N3O6/c1-23-20-26(30(24-14-10-8-11-15-24)37(23)25-16-12-9-13-17-25)31(40)36-19-18-35(32(41)43-34(5,6)7)22-27(36)28(38)21-29(39)42-33(2,3)4/h8-17,20,27-28,38H,18-19,21-22H2,1-7H3/t27-,28-/m0/s1. The number of ether oxygens (including phenoxy) is 2. The molecule has 1 aliphatic rings. The molecule has 1 aromatic heterocycles. The third kappa shape index (κ3) is 7.84. The monoisotopic (exact) mass is 589 g/mol. The van der Waals surface area contributed by atoms with Gasteiger partial charge in [-0.25, -0.2) is 4.79 Å². The fourth-order valence-corrected chi connectivity index (χ4v) is 5.32. The Morgan fingerprint density at radius 1 is 0.884 bits per heavy atom. The number of esters is 1. The van der Waals surface area contributed by atoms with Crippen molar-refractivity contribution in [3.8, 4) is 16.9 Å². The maximum Gasteiger partial charge on any atom is 0.410 e. The molecule has 230 valence electrons. The zero-order chi connectivity index (χ0) is 31.5. The van der Waals surface area contributed by atoms with Crippen molar-refractivity contribution in [1.82, 2.24) is 14.4 Å². The summed E-state index contributed by atoms with van der Waals surface area (Å²) in [6.07, 6.45) is -2.14. The van der Waals surface area contributed by atoms with Gasteiger partial charge in [-0.05, 0) is 72.2 Å². The third-order valence-corrected chi connectivity index (χ3v) is 7.05. The van der Waals surface area contributed by atoms with Gasteiger partial charge in [0.25, 0.3) is 5.91 Å². The molecule has 0 bridgehead atoms. The Bertz CT molecular complexity index is 1440. The molecule has 2 amide bonds. The number of hydrogen-bond acceptors (Lipinski definition) is 6. The second-order valence-electron chi connectivity index (χ2n) is 12.9. The van der Waals surface area contributed by atoms with Crippen molar-refractivity contribution in [1.29, 1.82) is 0 Å². The minimum absolute atomic E-state index is 0.00364. The number of para-hydroxylation sites is 1. The zero-order valence-corrected chi connectivity index (χ0v) is 26.2. The fourth-order valence-electron chi connectivity index (χ4n) is 5.32. The van der Waals surface area contributed by atoms with Gasteiger partial charge in [0.15, 0.2) is 0 Å². The number of piperazine rings is 1. The van der Waals surface area contributed by atoms with Crippen molar-refractivity contribution in [2.24, 2.45) is 0 Å². The highest BCUT2D eigenvalue weighted by molar-refractivity contribution is 6.01. The molecular formula is C34H43N3O6. The van der Waals surface area contributed by atoms with Crippen LogP contribution in [0.25, 0.3) is 16.9 Å². The number of nitrogens with zero attached hydrogens (tertiary/aromatic N) is 3. The highest BCUT2D eigenvalue weighted by Crippen LogP contribution is 2.33. The molecule has 2 aromatic carbocycles. The fraction of sp³-hybridized carbons (Fsp3) is 0.441. The normalized spacial score (nSPS) is 16.5. The van der Waals surface area contributed by atoms with Crippen LogP contribution in [-0.4, -0.2) is 80.4 Å². The number of benzene rings is 2. The van der Waals surface area contributed by atoms with E-state index in [1.165, 1.54) is 4.90 Å². The quantitative estimate of drug-likeness (QED) is 0.375. The summed E-state index contributed by atoms with van der Waals surface area (Å²) in [5, 5.41) is 11.4. The number of aryl methyl sites for hydroxylation is 1. The Hall–Kier alpha value is -4.11.